The zero-order valence-corrected chi connectivity index (χ0v) is 17.6. The quantitative estimate of drug-likeness (QED) is 0.272. The third-order valence-electron chi connectivity index (χ3n) is 6.21. The second-order valence-electron chi connectivity index (χ2n) is 8.09. The average Bonchev–Trinajstić information content (AvgIpc) is 3.28. The molecule has 0 N–H and O–H groups in total. The molecule has 0 aliphatic rings. The molecule has 0 saturated heterocycles. The highest BCUT2D eigenvalue weighted by Gasteiger charge is 2.21. The van der Waals surface area contributed by atoms with Gasteiger partial charge in [-0.1, -0.05) is 66.7 Å². The van der Waals surface area contributed by atoms with Gasteiger partial charge in [0.05, 0.1) is 16.9 Å². The van der Waals surface area contributed by atoms with Gasteiger partial charge in [0.25, 0.3) is 0 Å². The first kappa shape index (κ1) is 18.0. The number of aromatic nitrogens is 3. The molecule has 7 aromatic rings. The summed E-state index contributed by atoms with van der Waals surface area (Å²) >= 11 is 0. The molecule has 0 amide bonds. The maximum absolute atomic E-state index is 6.46. The summed E-state index contributed by atoms with van der Waals surface area (Å²) in [6.45, 7) is 0. The fourth-order valence-electron chi connectivity index (χ4n) is 4.79. The third-order valence-corrected chi connectivity index (χ3v) is 6.21. The first-order chi connectivity index (χ1) is 16.4. The van der Waals surface area contributed by atoms with Crippen LogP contribution >= 0.6 is 0 Å². The Labute approximate surface area is 189 Å². The maximum Gasteiger partial charge on any atom is 0.145 e. The standard InChI is InChI=1S/C29H17N3O/c1-2-8-18(9-3-1)28-22-16-21(23-14-15-30-17-31-23)29-27(20-11-5-7-13-25(20)33-29)26(22)19-10-4-6-12-24(19)32-28/h1-17H. The van der Waals surface area contributed by atoms with Crippen LogP contribution in [0.1, 0.15) is 0 Å². The Morgan fingerprint density at radius 2 is 1.45 bits per heavy atom. The van der Waals surface area contributed by atoms with Crippen LogP contribution in [0.2, 0.25) is 0 Å². The molecule has 0 saturated carbocycles. The van der Waals surface area contributed by atoms with E-state index >= 15 is 0 Å². The monoisotopic (exact) mass is 423 g/mol. The van der Waals surface area contributed by atoms with Crippen LogP contribution in [0, 0.1) is 0 Å². The minimum absolute atomic E-state index is 0.822. The van der Waals surface area contributed by atoms with Crippen molar-refractivity contribution in [2.75, 3.05) is 0 Å². The average molecular weight is 423 g/mol. The van der Waals surface area contributed by atoms with Gasteiger partial charge in [-0.05, 0) is 24.3 Å². The van der Waals surface area contributed by atoms with Gasteiger partial charge in [0.2, 0.25) is 0 Å². The highest BCUT2D eigenvalue weighted by atomic mass is 16.3. The summed E-state index contributed by atoms with van der Waals surface area (Å²) in [4.78, 5) is 13.8. The van der Waals surface area contributed by atoms with E-state index in [0.717, 1.165) is 66.1 Å². The lowest BCUT2D eigenvalue weighted by molar-refractivity contribution is 0.670. The summed E-state index contributed by atoms with van der Waals surface area (Å²) < 4.78 is 6.46. The smallest absolute Gasteiger partial charge is 0.145 e. The normalized spacial score (nSPS) is 11.6. The molecule has 0 spiro atoms. The predicted octanol–water partition coefficient (Wildman–Crippen LogP) is 7.41. The highest BCUT2D eigenvalue weighted by Crippen LogP contribution is 2.44. The summed E-state index contributed by atoms with van der Waals surface area (Å²) in [7, 11) is 0. The van der Waals surface area contributed by atoms with Gasteiger partial charge < -0.3 is 4.42 Å². The van der Waals surface area contributed by atoms with E-state index in [1.807, 2.05) is 30.3 Å². The van der Waals surface area contributed by atoms with Crippen LogP contribution in [0.25, 0.3) is 66.1 Å². The van der Waals surface area contributed by atoms with Gasteiger partial charge in [-0.25, -0.2) is 15.0 Å². The summed E-state index contributed by atoms with van der Waals surface area (Å²) in [5.74, 6) is 0. The van der Waals surface area contributed by atoms with Crippen molar-refractivity contribution in [1.29, 1.82) is 0 Å². The van der Waals surface area contributed by atoms with E-state index in [-0.39, 0.29) is 0 Å². The second-order valence-corrected chi connectivity index (χ2v) is 8.09. The van der Waals surface area contributed by atoms with Crippen molar-refractivity contribution in [2.24, 2.45) is 0 Å². The number of nitrogens with zero attached hydrogens (tertiary/aromatic N) is 3. The van der Waals surface area contributed by atoms with Gasteiger partial charge in [0.1, 0.15) is 17.5 Å². The highest BCUT2D eigenvalue weighted by molar-refractivity contribution is 6.30. The zero-order chi connectivity index (χ0) is 21.8. The van der Waals surface area contributed by atoms with Crippen molar-refractivity contribution in [3.63, 3.8) is 0 Å². The Morgan fingerprint density at radius 3 is 2.30 bits per heavy atom. The molecule has 0 bridgehead atoms. The Morgan fingerprint density at radius 1 is 0.667 bits per heavy atom. The number of furan rings is 1. The minimum atomic E-state index is 0.822. The lowest BCUT2D eigenvalue weighted by Crippen LogP contribution is -1.92. The van der Waals surface area contributed by atoms with Crippen molar-refractivity contribution in [3.8, 4) is 22.5 Å². The summed E-state index contributed by atoms with van der Waals surface area (Å²) in [6, 6.07) is 31.0. The largest absolute Gasteiger partial charge is 0.455 e. The topological polar surface area (TPSA) is 51.8 Å². The summed E-state index contributed by atoms with van der Waals surface area (Å²) in [6.07, 6.45) is 3.34. The van der Waals surface area contributed by atoms with E-state index in [4.69, 9.17) is 9.40 Å². The van der Waals surface area contributed by atoms with E-state index in [1.54, 1.807) is 12.5 Å². The molecule has 3 aromatic heterocycles. The molecule has 0 aliphatic heterocycles. The Kier molecular flexibility index (Phi) is 3.81. The fraction of sp³-hybridized carbons (Fsp3) is 0. The summed E-state index contributed by atoms with van der Waals surface area (Å²) in [5, 5.41) is 5.51. The summed E-state index contributed by atoms with van der Waals surface area (Å²) in [5.41, 5.74) is 6.44. The number of para-hydroxylation sites is 2. The lowest BCUT2D eigenvalue weighted by Gasteiger charge is -2.13. The van der Waals surface area contributed by atoms with Gasteiger partial charge in [-0.2, -0.15) is 0 Å². The third kappa shape index (κ3) is 2.68. The van der Waals surface area contributed by atoms with Crippen LogP contribution in [-0.4, -0.2) is 15.0 Å². The van der Waals surface area contributed by atoms with Gasteiger partial charge in [0, 0.05) is 44.3 Å². The molecule has 33 heavy (non-hydrogen) atoms. The number of pyridine rings is 1. The number of benzene rings is 4. The van der Waals surface area contributed by atoms with Gasteiger partial charge in [0.15, 0.2) is 0 Å². The molecule has 0 atom stereocenters. The van der Waals surface area contributed by atoms with Gasteiger partial charge in [-0.15, -0.1) is 0 Å². The Bertz CT molecular complexity index is 1770. The first-order valence-electron chi connectivity index (χ1n) is 10.9. The molecule has 0 aliphatic carbocycles. The van der Waals surface area contributed by atoms with E-state index < -0.39 is 0 Å². The molecule has 4 aromatic carbocycles. The van der Waals surface area contributed by atoms with Crippen molar-refractivity contribution in [3.05, 3.63) is 104 Å². The first-order valence-corrected chi connectivity index (χ1v) is 10.9. The number of rotatable bonds is 2. The van der Waals surface area contributed by atoms with Crippen molar-refractivity contribution >= 4 is 43.6 Å². The lowest BCUT2D eigenvalue weighted by atomic mass is 9.93. The van der Waals surface area contributed by atoms with Crippen LogP contribution < -0.4 is 0 Å². The van der Waals surface area contributed by atoms with Crippen LogP contribution in [0.3, 0.4) is 0 Å². The van der Waals surface area contributed by atoms with Crippen LogP contribution in [0.4, 0.5) is 0 Å². The van der Waals surface area contributed by atoms with Crippen molar-refractivity contribution in [1.82, 2.24) is 15.0 Å². The molecule has 0 fully saturated rings. The second kappa shape index (κ2) is 6.97. The minimum Gasteiger partial charge on any atom is -0.455 e. The molecule has 0 radical (unpaired) electrons. The van der Waals surface area contributed by atoms with Crippen LogP contribution in [0.5, 0.6) is 0 Å². The van der Waals surface area contributed by atoms with E-state index in [9.17, 15) is 0 Å². The van der Waals surface area contributed by atoms with Crippen molar-refractivity contribution < 1.29 is 4.42 Å². The van der Waals surface area contributed by atoms with E-state index in [1.165, 1.54) is 0 Å². The number of hydrogen-bond acceptors (Lipinski definition) is 4. The van der Waals surface area contributed by atoms with Crippen molar-refractivity contribution in [2.45, 2.75) is 0 Å². The molecule has 3 heterocycles. The molecule has 7 rings (SSSR count). The van der Waals surface area contributed by atoms with Gasteiger partial charge >= 0.3 is 0 Å². The Balaban J connectivity index is 1.79. The molecule has 154 valence electrons. The number of hydrogen-bond donors (Lipinski definition) is 0. The zero-order valence-electron chi connectivity index (χ0n) is 17.6. The van der Waals surface area contributed by atoms with Gasteiger partial charge in [-0.3, -0.25) is 0 Å². The van der Waals surface area contributed by atoms with Crippen LogP contribution in [-0.2, 0) is 0 Å². The van der Waals surface area contributed by atoms with E-state index in [2.05, 4.69) is 70.6 Å². The van der Waals surface area contributed by atoms with E-state index in [0.29, 0.717) is 0 Å². The SMILES string of the molecule is c1ccc(-c2nc3ccccc3c3c2cc(-c2ccncn2)c2oc4ccccc4c23)cc1. The molecular weight excluding hydrogens is 406 g/mol. The predicted molar refractivity (Wildman–Crippen MR) is 133 cm³/mol. The fourth-order valence-corrected chi connectivity index (χ4v) is 4.79. The molecule has 4 heteroatoms. The molecular formula is C29H17N3O. The Hall–Kier alpha value is -4.57. The molecule has 4 nitrogen and oxygen atoms in total. The number of fused-ring (bicyclic) bond motifs is 7. The van der Waals surface area contributed by atoms with Crippen LogP contribution in [0.15, 0.2) is 108 Å². The maximum atomic E-state index is 6.46. The molecule has 0 unspecified atom stereocenters.